The first-order valence-electron chi connectivity index (χ1n) is 9.53. The van der Waals surface area contributed by atoms with Gasteiger partial charge in [-0.15, -0.1) is 11.3 Å². The van der Waals surface area contributed by atoms with Gasteiger partial charge in [-0.1, -0.05) is 0 Å². The Bertz CT molecular complexity index is 918. The van der Waals surface area contributed by atoms with Crippen molar-refractivity contribution in [2.24, 2.45) is 7.05 Å². The van der Waals surface area contributed by atoms with Crippen LogP contribution in [0.3, 0.4) is 0 Å². The van der Waals surface area contributed by atoms with Crippen LogP contribution in [0.25, 0.3) is 11.3 Å². The van der Waals surface area contributed by atoms with E-state index in [0.29, 0.717) is 0 Å². The maximum absolute atomic E-state index is 4.93. The van der Waals surface area contributed by atoms with Crippen LogP contribution in [0.1, 0.15) is 23.7 Å². The van der Waals surface area contributed by atoms with E-state index in [9.17, 15) is 0 Å². The van der Waals surface area contributed by atoms with Crippen LogP contribution in [0, 0.1) is 0 Å². The summed E-state index contributed by atoms with van der Waals surface area (Å²) >= 11 is 1.75. The molecule has 0 N–H and O–H groups in total. The minimum absolute atomic E-state index is 0.0398. The van der Waals surface area contributed by atoms with Gasteiger partial charge in [-0.05, 0) is 19.9 Å². The summed E-state index contributed by atoms with van der Waals surface area (Å²) in [4.78, 5) is 14.4. The molecule has 2 aliphatic heterocycles. The van der Waals surface area contributed by atoms with Crippen molar-refractivity contribution in [2.75, 3.05) is 26.7 Å². The van der Waals surface area contributed by atoms with Crippen LogP contribution in [0.2, 0.25) is 0 Å². The third kappa shape index (κ3) is 2.83. The third-order valence-corrected chi connectivity index (χ3v) is 6.95. The summed E-state index contributed by atoms with van der Waals surface area (Å²) in [6.07, 6.45) is 10.2. The minimum atomic E-state index is 0.0398. The Morgan fingerprint density at radius 2 is 1.93 bits per heavy atom. The minimum Gasteiger partial charge on any atom is -0.325 e. The highest BCUT2D eigenvalue weighted by Crippen LogP contribution is 2.41. The summed E-state index contributed by atoms with van der Waals surface area (Å²) in [5, 5.41) is 7.61. The van der Waals surface area contributed by atoms with E-state index in [0.717, 1.165) is 51.1 Å². The zero-order valence-corrected chi connectivity index (χ0v) is 16.7. The fourth-order valence-electron chi connectivity index (χ4n) is 4.60. The average Bonchev–Trinajstić information content (AvgIpc) is 3.41. The number of hydrogen-bond donors (Lipinski definition) is 0. The van der Waals surface area contributed by atoms with E-state index < -0.39 is 0 Å². The van der Waals surface area contributed by atoms with Gasteiger partial charge < -0.3 is 4.57 Å². The highest BCUT2D eigenvalue weighted by molar-refractivity contribution is 7.09. The molecule has 3 aromatic rings. The largest absolute Gasteiger partial charge is 0.325 e. The lowest BCUT2D eigenvalue weighted by atomic mass is 9.83. The molecule has 0 aromatic carbocycles. The van der Waals surface area contributed by atoms with Gasteiger partial charge in [-0.2, -0.15) is 5.10 Å². The van der Waals surface area contributed by atoms with E-state index >= 15 is 0 Å². The maximum Gasteiger partial charge on any atom is 0.129 e. The number of imidazole rings is 1. The normalized spacial score (nSPS) is 20.2. The van der Waals surface area contributed by atoms with Gasteiger partial charge in [0.15, 0.2) is 0 Å². The summed E-state index contributed by atoms with van der Waals surface area (Å²) in [5.74, 6) is 1.23. The third-order valence-electron chi connectivity index (χ3n) is 6.19. The second-order valence-corrected chi connectivity index (χ2v) is 8.66. The highest BCUT2D eigenvalue weighted by atomic mass is 32.1. The van der Waals surface area contributed by atoms with Crippen molar-refractivity contribution >= 4 is 11.3 Å². The molecule has 27 heavy (non-hydrogen) atoms. The molecule has 1 saturated heterocycles. The van der Waals surface area contributed by atoms with E-state index in [-0.39, 0.29) is 5.54 Å². The monoisotopic (exact) mass is 383 g/mol. The number of aryl methyl sites for hydroxylation is 1. The lowest BCUT2D eigenvalue weighted by Crippen LogP contribution is -2.56. The molecular weight excluding hydrogens is 358 g/mol. The number of fused-ring (bicyclic) bond motifs is 2. The Morgan fingerprint density at radius 1 is 1.07 bits per heavy atom. The second kappa shape index (κ2) is 6.54. The molecule has 5 rings (SSSR count). The van der Waals surface area contributed by atoms with Crippen molar-refractivity contribution in [3.8, 4) is 11.3 Å². The maximum atomic E-state index is 4.93. The van der Waals surface area contributed by atoms with Crippen LogP contribution in [0.4, 0.5) is 0 Å². The zero-order chi connectivity index (χ0) is 18.4. The van der Waals surface area contributed by atoms with Gasteiger partial charge in [0.1, 0.15) is 10.8 Å². The van der Waals surface area contributed by atoms with Gasteiger partial charge in [-0.25, -0.2) is 9.97 Å². The van der Waals surface area contributed by atoms with Crippen LogP contribution >= 0.6 is 11.3 Å². The Labute approximate surface area is 163 Å². The van der Waals surface area contributed by atoms with Crippen LogP contribution in [-0.4, -0.2) is 60.8 Å². The second-order valence-electron chi connectivity index (χ2n) is 7.68. The van der Waals surface area contributed by atoms with Crippen LogP contribution in [-0.2, 0) is 25.7 Å². The molecule has 0 radical (unpaired) electrons. The molecular formula is C19H25N7S. The molecule has 0 bridgehead atoms. The number of piperidine rings is 1. The average molecular weight is 384 g/mol. The summed E-state index contributed by atoms with van der Waals surface area (Å²) in [5.41, 5.74) is 2.38. The van der Waals surface area contributed by atoms with Crippen molar-refractivity contribution in [1.29, 1.82) is 0 Å². The van der Waals surface area contributed by atoms with Gasteiger partial charge >= 0.3 is 0 Å². The molecule has 1 fully saturated rings. The van der Waals surface area contributed by atoms with E-state index in [2.05, 4.69) is 43.1 Å². The first-order chi connectivity index (χ1) is 13.2. The fraction of sp³-hybridized carbons (Fsp3) is 0.526. The van der Waals surface area contributed by atoms with Crippen LogP contribution in [0.5, 0.6) is 0 Å². The SMILES string of the molecule is CN1CCn2c(-c3cnn(C)c3)cnc2C12CCN(Cc1nccs1)CC2. The van der Waals surface area contributed by atoms with E-state index in [1.807, 2.05) is 30.3 Å². The number of thiazole rings is 1. The van der Waals surface area contributed by atoms with Crippen LogP contribution in [0.15, 0.2) is 30.2 Å². The molecule has 0 atom stereocenters. The Hall–Kier alpha value is -2.03. The van der Waals surface area contributed by atoms with Gasteiger partial charge in [0.05, 0.1) is 30.2 Å². The van der Waals surface area contributed by atoms with E-state index in [1.165, 1.54) is 16.5 Å². The molecule has 3 aromatic heterocycles. The molecule has 2 aliphatic rings. The van der Waals surface area contributed by atoms with Crippen molar-refractivity contribution in [2.45, 2.75) is 31.5 Å². The first kappa shape index (κ1) is 17.1. The van der Waals surface area contributed by atoms with Gasteiger partial charge in [0.25, 0.3) is 0 Å². The van der Waals surface area contributed by atoms with Crippen molar-refractivity contribution in [3.63, 3.8) is 0 Å². The van der Waals surface area contributed by atoms with Crippen molar-refractivity contribution < 1.29 is 0 Å². The van der Waals surface area contributed by atoms with Crippen LogP contribution < -0.4 is 0 Å². The van der Waals surface area contributed by atoms with Gasteiger partial charge in [0.2, 0.25) is 0 Å². The predicted molar refractivity (Wildman–Crippen MR) is 105 cm³/mol. The summed E-state index contributed by atoms with van der Waals surface area (Å²) in [6, 6.07) is 0. The standard InChI is InChI=1S/C19H25N7S/c1-23-8-9-26-16(15-11-22-24(2)13-15)12-21-18(26)19(23)3-6-25(7-4-19)14-17-20-5-10-27-17/h5,10-13H,3-4,6-9,14H2,1-2H3. The Morgan fingerprint density at radius 3 is 2.63 bits per heavy atom. The number of rotatable bonds is 3. The van der Waals surface area contributed by atoms with E-state index in [4.69, 9.17) is 4.98 Å². The summed E-state index contributed by atoms with van der Waals surface area (Å²) in [7, 11) is 4.23. The zero-order valence-electron chi connectivity index (χ0n) is 15.9. The number of likely N-dealkylation sites (N-methyl/N-ethyl adjacent to an activating group) is 1. The van der Waals surface area contributed by atoms with E-state index in [1.54, 1.807) is 11.3 Å². The van der Waals surface area contributed by atoms with Gasteiger partial charge in [-0.3, -0.25) is 14.5 Å². The highest BCUT2D eigenvalue weighted by Gasteiger charge is 2.45. The quantitative estimate of drug-likeness (QED) is 0.694. The van der Waals surface area contributed by atoms with Crippen molar-refractivity contribution in [3.05, 3.63) is 41.0 Å². The molecule has 8 heteroatoms. The number of likely N-dealkylation sites (tertiary alicyclic amines) is 1. The smallest absolute Gasteiger partial charge is 0.129 e. The first-order valence-corrected chi connectivity index (χ1v) is 10.4. The lowest BCUT2D eigenvalue weighted by Gasteiger charge is -2.49. The number of aromatic nitrogens is 5. The number of hydrogen-bond acceptors (Lipinski definition) is 6. The lowest BCUT2D eigenvalue weighted by molar-refractivity contribution is 0.00699. The molecule has 0 unspecified atom stereocenters. The molecule has 0 saturated carbocycles. The topological polar surface area (TPSA) is 55.0 Å². The Balaban J connectivity index is 1.42. The van der Waals surface area contributed by atoms with Crippen molar-refractivity contribution in [1.82, 2.24) is 34.1 Å². The molecule has 0 aliphatic carbocycles. The molecule has 1 spiro atoms. The molecule has 142 valence electrons. The predicted octanol–water partition coefficient (Wildman–Crippen LogP) is 2.18. The van der Waals surface area contributed by atoms with Gasteiger partial charge in [0, 0.05) is 56.6 Å². The molecule has 7 nitrogen and oxygen atoms in total. The Kier molecular flexibility index (Phi) is 4.14. The summed E-state index contributed by atoms with van der Waals surface area (Å²) in [6.45, 7) is 5.18. The number of nitrogens with zero attached hydrogens (tertiary/aromatic N) is 7. The molecule has 5 heterocycles. The fourth-order valence-corrected chi connectivity index (χ4v) is 5.26. The summed E-state index contributed by atoms with van der Waals surface area (Å²) < 4.78 is 4.28. The molecule has 0 amide bonds.